The van der Waals surface area contributed by atoms with E-state index in [0.29, 0.717) is 0 Å². The Hall–Kier alpha value is -0.570. The minimum atomic E-state index is -0.556. The summed E-state index contributed by atoms with van der Waals surface area (Å²) in [7, 11) is 0. The van der Waals surface area contributed by atoms with Crippen molar-refractivity contribution in [1.82, 2.24) is 5.32 Å². The Morgan fingerprint density at radius 3 is 3.00 bits per heavy atom. The molecule has 1 aliphatic carbocycles. The molecule has 2 aliphatic rings. The maximum Gasteiger partial charge on any atom is 0.225 e. The van der Waals surface area contributed by atoms with E-state index >= 15 is 0 Å². The largest absolute Gasteiger partial charge is 0.373 e. The van der Waals surface area contributed by atoms with Crippen LogP contribution in [0.2, 0.25) is 0 Å². The van der Waals surface area contributed by atoms with E-state index in [1.807, 2.05) is 0 Å². The molecule has 0 radical (unpaired) electrons. The molecule has 1 saturated carbocycles. The van der Waals surface area contributed by atoms with E-state index in [9.17, 15) is 9.90 Å². The van der Waals surface area contributed by atoms with Crippen LogP contribution in [0.4, 0.5) is 0 Å². The van der Waals surface area contributed by atoms with Gasteiger partial charge in [-0.1, -0.05) is 6.42 Å². The number of amides is 1. The molecule has 1 aliphatic heterocycles. The quantitative estimate of drug-likeness (QED) is 0.493. The predicted molar refractivity (Wildman–Crippen MR) is 35.0 cm³/mol. The third-order valence-electron chi connectivity index (χ3n) is 2.60. The van der Waals surface area contributed by atoms with Gasteiger partial charge in [0.1, 0.15) is 6.23 Å². The molecule has 0 aromatic rings. The first-order valence-electron chi connectivity index (χ1n) is 3.77. The molecule has 2 N–H and O–H groups in total. The number of hydrogen-bond acceptors (Lipinski definition) is 2. The highest BCUT2D eigenvalue weighted by molar-refractivity contribution is 5.81. The van der Waals surface area contributed by atoms with Crippen molar-refractivity contribution >= 4 is 5.91 Å². The van der Waals surface area contributed by atoms with Gasteiger partial charge in [-0.05, 0) is 12.8 Å². The topological polar surface area (TPSA) is 49.3 Å². The Morgan fingerprint density at radius 2 is 2.30 bits per heavy atom. The molecule has 2 fully saturated rings. The first-order chi connectivity index (χ1) is 4.79. The summed E-state index contributed by atoms with van der Waals surface area (Å²) in [5.74, 6) is 0.387. The van der Waals surface area contributed by atoms with Gasteiger partial charge in [0.25, 0.3) is 0 Å². The average molecular weight is 141 g/mol. The van der Waals surface area contributed by atoms with Crippen LogP contribution in [0.25, 0.3) is 0 Å². The second kappa shape index (κ2) is 1.95. The second-order valence-corrected chi connectivity index (χ2v) is 3.15. The molecule has 0 spiro atoms. The van der Waals surface area contributed by atoms with Crippen molar-refractivity contribution in [3.05, 3.63) is 0 Å². The number of aliphatic hydroxyl groups is 1. The number of fused-ring (bicyclic) bond motifs is 1. The molecule has 3 unspecified atom stereocenters. The average Bonchev–Trinajstić information content (AvgIpc) is 2.39. The third-order valence-corrected chi connectivity index (χ3v) is 2.60. The van der Waals surface area contributed by atoms with Crippen molar-refractivity contribution in [3.63, 3.8) is 0 Å². The summed E-state index contributed by atoms with van der Waals surface area (Å²) in [6.45, 7) is 0. The maximum absolute atomic E-state index is 11.0. The van der Waals surface area contributed by atoms with Crippen LogP contribution in [0.1, 0.15) is 19.3 Å². The van der Waals surface area contributed by atoms with Crippen molar-refractivity contribution in [2.45, 2.75) is 25.5 Å². The lowest BCUT2D eigenvalue weighted by Crippen LogP contribution is -2.28. The minimum absolute atomic E-state index is 0.0509. The van der Waals surface area contributed by atoms with Gasteiger partial charge >= 0.3 is 0 Å². The van der Waals surface area contributed by atoms with E-state index in [4.69, 9.17) is 0 Å². The molecule has 10 heavy (non-hydrogen) atoms. The molecule has 0 aromatic carbocycles. The summed E-state index contributed by atoms with van der Waals surface area (Å²) in [5, 5.41) is 11.8. The highest BCUT2D eigenvalue weighted by Crippen LogP contribution is 2.37. The molecule has 1 amide bonds. The molecule has 2 rings (SSSR count). The van der Waals surface area contributed by atoms with Crippen LogP contribution in [0.5, 0.6) is 0 Å². The van der Waals surface area contributed by atoms with Crippen molar-refractivity contribution in [1.29, 1.82) is 0 Å². The second-order valence-electron chi connectivity index (χ2n) is 3.15. The van der Waals surface area contributed by atoms with Crippen LogP contribution >= 0.6 is 0 Å². The van der Waals surface area contributed by atoms with Gasteiger partial charge in [-0.25, -0.2) is 0 Å². The normalized spacial score (nSPS) is 45.3. The Morgan fingerprint density at radius 1 is 1.50 bits per heavy atom. The highest BCUT2D eigenvalue weighted by Gasteiger charge is 2.43. The van der Waals surface area contributed by atoms with Gasteiger partial charge in [0, 0.05) is 11.8 Å². The molecule has 1 saturated heterocycles. The number of carbonyl (C=O) groups excluding carboxylic acids is 1. The number of nitrogens with one attached hydrogen (secondary N) is 1. The van der Waals surface area contributed by atoms with Crippen LogP contribution in [0.15, 0.2) is 0 Å². The SMILES string of the molecule is O=C1NC(O)C2CCCC12. The Labute approximate surface area is 59.4 Å². The van der Waals surface area contributed by atoms with E-state index in [1.54, 1.807) is 0 Å². The Bertz CT molecular complexity index is 169. The molecular formula is C7H11NO2. The fourth-order valence-electron chi connectivity index (χ4n) is 2.05. The van der Waals surface area contributed by atoms with Gasteiger partial charge in [-0.3, -0.25) is 4.79 Å². The minimum Gasteiger partial charge on any atom is -0.373 e. The van der Waals surface area contributed by atoms with Crippen molar-refractivity contribution in [2.24, 2.45) is 11.8 Å². The van der Waals surface area contributed by atoms with E-state index in [1.165, 1.54) is 0 Å². The van der Waals surface area contributed by atoms with Gasteiger partial charge in [0.2, 0.25) is 5.91 Å². The molecule has 1 heterocycles. The van der Waals surface area contributed by atoms with Gasteiger partial charge in [-0.15, -0.1) is 0 Å². The molecule has 3 nitrogen and oxygen atoms in total. The smallest absolute Gasteiger partial charge is 0.225 e. The zero-order valence-electron chi connectivity index (χ0n) is 5.71. The highest BCUT2D eigenvalue weighted by atomic mass is 16.3. The first-order valence-corrected chi connectivity index (χ1v) is 3.77. The van der Waals surface area contributed by atoms with E-state index < -0.39 is 6.23 Å². The van der Waals surface area contributed by atoms with Crippen molar-refractivity contribution in [2.75, 3.05) is 0 Å². The summed E-state index contributed by atoms with van der Waals surface area (Å²) >= 11 is 0. The fourth-order valence-corrected chi connectivity index (χ4v) is 2.05. The molecule has 3 heteroatoms. The van der Waals surface area contributed by atoms with Crippen LogP contribution < -0.4 is 5.32 Å². The van der Waals surface area contributed by atoms with Gasteiger partial charge in [0.05, 0.1) is 0 Å². The molecule has 56 valence electrons. The van der Waals surface area contributed by atoms with Gasteiger partial charge in [-0.2, -0.15) is 0 Å². The first kappa shape index (κ1) is 6.16. The lowest BCUT2D eigenvalue weighted by molar-refractivity contribution is -0.123. The number of carbonyl (C=O) groups is 1. The van der Waals surface area contributed by atoms with Gasteiger partial charge in [0.15, 0.2) is 0 Å². The molecular weight excluding hydrogens is 130 g/mol. The van der Waals surface area contributed by atoms with Crippen molar-refractivity contribution in [3.8, 4) is 0 Å². The molecule has 3 atom stereocenters. The van der Waals surface area contributed by atoms with Gasteiger partial charge < -0.3 is 10.4 Å². The molecule has 0 bridgehead atoms. The summed E-state index contributed by atoms with van der Waals surface area (Å²) in [6, 6.07) is 0. The van der Waals surface area contributed by atoms with Crippen LogP contribution in [-0.2, 0) is 4.79 Å². The lowest BCUT2D eigenvalue weighted by Gasteiger charge is -2.08. The van der Waals surface area contributed by atoms with E-state index in [-0.39, 0.29) is 17.7 Å². The zero-order chi connectivity index (χ0) is 7.14. The third kappa shape index (κ3) is 0.669. The number of hydrogen-bond donors (Lipinski definition) is 2. The van der Waals surface area contributed by atoms with E-state index in [2.05, 4.69) is 5.32 Å². The Balaban J connectivity index is 2.19. The summed E-state index contributed by atoms with van der Waals surface area (Å²) in [5.41, 5.74) is 0. The van der Waals surface area contributed by atoms with Crippen LogP contribution in [-0.4, -0.2) is 17.2 Å². The number of rotatable bonds is 0. The molecule has 0 aromatic heterocycles. The number of aliphatic hydroxyl groups excluding tert-OH is 1. The standard InChI is InChI=1S/C7H11NO2/c9-6-4-2-1-3-5(4)7(10)8-6/h4-6,9H,1-3H2,(H,8,10). The van der Waals surface area contributed by atoms with Crippen LogP contribution in [0.3, 0.4) is 0 Å². The summed E-state index contributed by atoms with van der Waals surface area (Å²) < 4.78 is 0. The van der Waals surface area contributed by atoms with Crippen LogP contribution in [0, 0.1) is 11.8 Å². The zero-order valence-corrected chi connectivity index (χ0v) is 5.71. The Kier molecular flexibility index (Phi) is 1.20. The predicted octanol–water partition coefficient (Wildman–Crippen LogP) is -0.149. The maximum atomic E-state index is 11.0. The van der Waals surface area contributed by atoms with E-state index in [0.717, 1.165) is 19.3 Å². The monoisotopic (exact) mass is 141 g/mol. The van der Waals surface area contributed by atoms with Crippen molar-refractivity contribution < 1.29 is 9.90 Å². The lowest BCUT2D eigenvalue weighted by atomic mass is 9.99. The summed E-state index contributed by atoms with van der Waals surface area (Å²) in [6.07, 6.45) is 2.51. The summed E-state index contributed by atoms with van der Waals surface area (Å²) in [4.78, 5) is 11.0. The fraction of sp³-hybridized carbons (Fsp3) is 0.857.